The van der Waals surface area contributed by atoms with Crippen LogP contribution in [0, 0.1) is 0 Å². The largest absolute Gasteiger partial charge is 0.508 e. The standard InChI is InChI=1S/C29H30N2O3/c1-2-21-17-25-24(18-28(33)34-27(25)19-26(21)32)20-30-13-15-31(16-14-30)29(22-9-5-3-6-10-22)23-11-7-4-8-12-23/h3-12,17-19,29,32H,2,13-16,20H2,1H3. The number of nitrogens with zero attached hydrogens (tertiary/aromatic N) is 2. The predicted molar refractivity (Wildman–Crippen MR) is 135 cm³/mol. The second-order valence-corrected chi connectivity index (χ2v) is 8.96. The molecule has 5 rings (SSSR count). The van der Waals surface area contributed by atoms with E-state index in [0.717, 1.165) is 49.1 Å². The zero-order valence-corrected chi connectivity index (χ0v) is 19.5. The van der Waals surface area contributed by atoms with Crippen molar-refractivity contribution < 1.29 is 9.52 Å². The van der Waals surface area contributed by atoms with Gasteiger partial charge in [-0.3, -0.25) is 9.80 Å². The van der Waals surface area contributed by atoms with Gasteiger partial charge < -0.3 is 9.52 Å². The van der Waals surface area contributed by atoms with Gasteiger partial charge in [-0.25, -0.2) is 4.79 Å². The average Bonchev–Trinajstić information content (AvgIpc) is 2.86. The molecule has 1 aliphatic rings. The quantitative estimate of drug-likeness (QED) is 0.417. The third-order valence-corrected chi connectivity index (χ3v) is 6.81. The van der Waals surface area contributed by atoms with Crippen LogP contribution < -0.4 is 5.63 Å². The molecule has 1 N–H and O–H groups in total. The molecule has 0 aliphatic carbocycles. The van der Waals surface area contributed by atoms with Crippen LogP contribution in [0.3, 0.4) is 0 Å². The molecule has 34 heavy (non-hydrogen) atoms. The molecule has 0 saturated carbocycles. The zero-order chi connectivity index (χ0) is 23.5. The summed E-state index contributed by atoms with van der Waals surface area (Å²) in [6.07, 6.45) is 0.722. The van der Waals surface area contributed by atoms with Gasteiger partial charge in [0.05, 0.1) is 6.04 Å². The predicted octanol–water partition coefficient (Wildman–Crippen LogP) is 4.97. The van der Waals surface area contributed by atoms with Crippen LogP contribution in [0.5, 0.6) is 5.75 Å². The number of benzene rings is 3. The number of aryl methyl sites for hydroxylation is 1. The van der Waals surface area contributed by atoms with Crippen LogP contribution in [-0.4, -0.2) is 41.1 Å². The Bertz CT molecular complexity index is 1270. The Morgan fingerprint density at radius 2 is 1.47 bits per heavy atom. The molecule has 1 saturated heterocycles. The Kier molecular flexibility index (Phi) is 6.48. The molecule has 1 aromatic heterocycles. The van der Waals surface area contributed by atoms with Gasteiger partial charge in [-0.15, -0.1) is 0 Å². The molecule has 0 amide bonds. The number of phenolic OH excluding ortho intramolecular Hbond substituents is 1. The molecule has 174 valence electrons. The van der Waals surface area contributed by atoms with Gasteiger partial charge in [0.25, 0.3) is 0 Å². The van der Waals surface area contributed by atoms with E-state index in [9.17, 15) is 9.90 Å². The molecule has 5 nitrogen and oxygen atoms in total. The first-order valence-corrected chi connectivity index (χ1v) is 12.0. The molecule has 0 atom stereocenters. The second kappa shape index (κ2) is 9.84. The third-order valence-electron chi connectivity index (χ3n) is 6.81. The van der Waals surface area contributed by atoms with Gasteiger partial charge in [-0.2, -0.15) is 0 Å². The minimum absolute atomic E-state index is 0.178. The van der Waals surface area contributed by atoms with Crippen LogP contribution in [0.4, 0.5) is 0 Å². The van der Waals surface area contributed by atoms with Gasteiger partial charge >= 0.3 is 5.63 Å². The van der Waals surface area contributed by atoms with E-state index < -0.39 is 0 Å². The van der Waals surface area contributed by atoms with Crippen molar-refractivity contribution in [2.45, 2.75) is 25.9 Å². The summed E-state index contributed by atoms with van der Waals surface area (Å²) in [6.45, 7) is 6.40. The zero-order valence-electron chi connectivity index (χ0n) is 19.5. The van der Waals surface area contributed by atoms with Gasteiger partial charge in [-0.05, 0) is 34.7 Å². The average molecular weight is 455 g/mol. The molecular weight excluding hydrogens is 424 g/mol. The first-order chi connectivity index (χ1) is 16.6. The maximum absolute atomic E-state index is 12.2. The fourth-order valence-corrected chi connectivity index (χ4v) is 5.03. The Hall–Kier alpha value is -3.41. The number of aromatic hydroxyl groups is 1. The number of phenols is 1. The van der Waals surface area contributed by atoms with Gasteiger partial charge in [0.1, 0.15) is 11.3 Å². The lowest BCUT2D eigenvalue weighted by Gasteiger charge is -2.40. The van der Waals surface area contributed by atoms with Crippen LogP contribution in [0.25, 0.3) is 11.0 Å². The number of hydrogen-bond acceptors (Lipinski definition) is 5. The van der Waals surface area contributed by atoms with E-state index >= 15 is 0 Å². The molecule has 0 spiro atoms. The van der Waals surface area contributed by atoms with Crippen molar-refractivity contribution in [3.8, 4) is 5.75 Å². The third kappa shape index (κ3) is 4.63. The van der Waals surface area contributed by atoms with E-state index in [1.807, 2.05) is 13.0 Å². The van der Waals surface area contributed by atoms with Crippen molar-refractivity contribution >= 4 is 11.0 Å². The lowest BCUT2D eigenvalue weighted by molar-refractivity contribution is 0.105. The van der Waals surface area contributed by atoms with E-state index in [0.29, 0.717) is 12.1 Å². The highest BCUT2D eigenvalue weighted by molar-refractivity contribution is 5.82. The monoisotopic (exact) mass is 454 g/mol. The molecular formula is C29H30N2O3. The van der Waals surface area contributed by atoms with E-state index in [2.05, 4.69) is 70.5 Å². The molecule has 1 fully saturated rings. The minimum Gasteiger partial charge on any atom is -0.508 e. The normalized spacial score (nSPS) is 15.2. The van der Waals surface area contributed by atoms with Crippen LogP contribution in [0.1, 0.15) is 35.2 Å². The van der Waals surface area contributed by atoms with E-state index in [4.69, 9.17) is 4.42 Å². The molecule has 0 radical (unpaired) electrons. The van der Waals surface area contributed by atoms with E-state index in [1.54, 1.807) is 12.1 Å². The number of fused-ring (bicyclic) bond motifs is 1. The molecule has 0 unspecified atom stereocenters. The lowest BCUT2D eigenvalue weighted by atomic mass is 9.96. The van der Waals surface area contributed by atoms with Crippen LogP contribution >= 0.6 is 0 Å². The fourth-order valence-electron chi connectivity index (χ4n) is 5.03. The summed E-state index contributed by atoms with van der Waals surface area (Å²) in [4.78, 5) is 17.1. The molecule has 4 aromatic rings. The number of piperazine rings is 1. The highest BCUT2D eigenvalue weighted by Crippen LogP contribution is 2.31. The summed E-state index contributed by atoms with van der Waals surface area (Å²) in [5, 5.41) is 11.1. The van der Waals surface area contributed by atoms with Gasteiger partial charge in [-0.1, -0.05) is 67.6 Å². The maximum Gasteiger partial charge on any atom is 0.336 e. The Labute approximate surface area is 199 Å². The smallest absolute Gasteiger partial charge is 0.336 e. The van der Waals surface area contributed by atoms with Crippen molar-refractivity contribution in [3.05, 3.63) is 112 Å². The maximum atomic E-state index is 12.2. The molecule has 3 aromatic carbocycles. The topological polar surface area (TPSA) is 56.9 Å². The minimum atomic E-state index is -0.377. The number of rotatable bonds is 6. The fraction of sp³-hybridized carbons (Fsp3) is 0.276. The van der Waals surface area contributed by atoms with Crippen molar-refractivity contribution in [1.29, 1.82) is 0 Å². The Morgan fingerprint density at radius 3 is 2.06 bits per heavy atom. The SMILES string of the molecule is CCc1cc2c(CN3CCN(C(c4ccccc4)c4ccccc4)CC3)cc(=O)oc2cc1O. The summed E-state index contributed by atoms with van der Waals surface area (Å²) in [5.41, 5.74) is 4.50. The first-order valence-electron chi connectivity index (χ1n) is 12.0. The molecule has 1 aliphatic heterocycles. The number of hydrogen-bond donors (Lipinski definition) is 1. The van der Waals surface area contributed by atoms with Crippen molar-refractivity contribution in [2.24, 2.45) is 0 Å². The van der Waals surface area contributed by atoms with Crippen LogP contribution in [-0.2, 0) is 13.0 Å². The van der Waals surface area contributed by atoms with Crippen molar-refractivity contribution in [3.63, 3.8) is 0 Å². The highest BCUT2D eigenvalue weighted by Gasteiger charge is 2.26. The highest BCUT2D eigenvalue weighted by atomic mass is 16.4. The Balaban J connectivity index is 1.36. The summed E-state index contributed by atoms with van der Waals surface area (Å²) in [5.74, 6) is 0.178. The molecule has 5 heteroatoms. The molecule has 2 heterocycles. The van der Waals surface area contributed by atoms with E-state index in [1.165, 1.54) is 11.1 Å². The van der Waals surface area contributed by atoms with Crippen molar-refractivity contribution in [2.75, 3.05) is 26.2 Å². The van der Waals surface area contributed by atoms with Gasteiger partial charge in [0, 0.05) is 50.2 Å². The summed E-state index contributed by atoms with van der Waals surface area (Å²) in [7, 11) is 0. The van der Waals surface area contributed by atoms with Crippen LogP contribution in [0.15, 0.2) is 88.1 Å². The summed E-state index contributed by atoms with van der Waals surface area (Å²) in [6, 6.07) is 26.7. The van der Waals surface area contributed by atoms with E-state index in [-0.39, 0.29) is 17.4 Å². The lowest BCUT2D eigenvalue weighted by Crippen LogP contribution is -2.47. The second-order valence-electron chi connectivity index (χ2n) is 8.96. The van der Waals surface area contributed by atoms with Gasteiger partial charge in [0.2, 0.25) is 0 Å². The van der Waals surface area contributed by atoms with Gasteiger partial charge in [0.15, 0.2) is 0 Å². The summed E-state index contributed by atoms with van der Waals surface area (Å²) < 4.78 is 5.38. The Morgan fingerprint density at radius 1 is 0.853 bits per heavy atom. The van der Waals surface area contributed by atoms with Crippen LogP contribution in [0.2, 0.25) is 0 Å². The van der Waals surface area contributed by atoms with Crippen molar-refractivity contribution in [1.82, 2.24) is 9.80 Å². The molecule has 0 bridgehead atoms. The first kappa shape index (κ1) is 22.4. The summed E-state index contributed by atoms with van der Waals surface area (Å²) >= 11 is 0.